The zero-order valence-electron chi connectivity index (χ0n) is 14.4. The number of rotatable bonds is 6. The second kappa shape index (κ2) is 8.63. The van der Waals surface area contributed by atoms with Gasteiger partial charge in [-0.2, -0.15) is 0 Å². The predicted molar refractivity (Wildman–Crippen MR) is 91.7 cm³/mol. The summed E-state index contributed by atoms with van der Waals surface area (Å²) in [6, 6.07) is 4.17. The number of halogens is 1. The molecule has 0 aliphatic carbocycles. The number of carbonyl (C=O) groups excluding carboxylic acids is 2. The fraction of sp³-hybridized carbons (Fsp3) is 0.500. The van der Waals surface area contributed by atoms with Gasteiger partial charge < -0.3 is 24.8 Å². The Balaban J connectivity index is 2.76. The van der Waals surface area contributed by atoms with E-state index in [-0.39, 0.29) is 6.54 Å². The van der Waals surface area contributed by atoms with Gasteiger partial charge in [-0.25, -0.2) is 9.59 Å². The first kappa shape index (κ1) is 19.9. The highest BCUT2D eigenvalue weighted by atomic mass is 35.5. The van der Waals surface area contributed by atoms with Gasteiger partial charge in [0.1, 0.15) is 17.4 Å². The number of hydrogen-bond acceptors (Lipinski definition) is 6. The summed E-state index contributed by atoms with van der Waals surface area (Å²) in [5.74, 6) is -0.0645. The topological polar surface area (TPSA) is 85.9 Å². The van der Waals surface area contributed by atoms with Crippen molar-refractivity contribution in [2.24, 2.45) is 0 Å². The number of carbonyl (C=O) groups is 2. The Bertz CT molecular complexity index is 586. The lowest BCUT2D eigenvalue weighted by atomic mass is 10.2. The van der Waals surface area contributed by atoms with E-state index in [0.717, 1.165) is 0 Å². The number of methoxy groups -OCH3 is 2. The van der Waals surface area contributed by atoms with Crippen molar-refractivity contribution in [2.45, 2.75) is 32.4 Å². The maximum absolute atomic E-state index is 11.9. The highest BCUT2D eigenvalue weighted by Gasteiger charge is 2.22. The lowest BCUT2D eigenvalue weighted by molar-refractivity contribution is -0.141. The van der Waals surface area contributed by atoms with Crippen LogP contribution in [0.4, 0.5) is 10.5 Å². The molecule has 0 aromatic heterocycles. The minimum Gasteiger partial charge on any atom is -0.495 e. The Morgan fingerprint density at radius 2 is 1.92 bits per heavy atom. The summed E-state index contributed by atoms with van der Waals surface area (Å²) in [6.07, 6.45) is -0.619. The molecule has 7 nitrogen and oxygen atoms in total. The van der Waals surface area contributed by atoms with Gasteiger partial charge in [-0.3, -0.25) is 0 Å². The molecule has 0 spiro atoms. The van der Waals surface area contributed by atoms with Crippen LogP contribution in [0, 0.1) is 0 Å². The van der Waals surface area contributed by atoms with Gasteiger partial charge in [0.05, 0.1) is 25.8 Å². The van der Waals surface area contributed by atoms with Crippen LogP contribution in [0.25, 0.3) is 0 Å². The minimum absolute atomic E-state index is 0.00741. The van der Waals surface area contributed by atoms with Gasteiger partial charge in [0.2, 0.25) is 0 Å². The van der Waals surface area contributed by atoms with Crippen LogP contribution in [-0.2, 0) is 14.3 Å². The van der Waals surface area contributed by atoms with Crippen molar-refractivity contribution >= 4 is 29.4 Å². The largest absolute Gasteiger partial charge is 0.495 e. The van der Waals surface area contributed by atoms with Crippen molar-refractivity contribution in [3.05, 3.63) is 23.2 Å². The number of ether oxygens (including phenoxy) is 3. The van der Waals surface area contributed by atoms with Crippen molar-refractivity contribution in [2.75, 3.05) is 26.1 Å². The van der Waals surface area contributed by atoms with Gasteiger partial charge in [-0.15, -0.1) is 0 Å². The second-order valence-electron chi connectivity index (χ2n) is 5.95. The van der Waals surface area contributed by atoms with E-state index < -0.39 is 23.7 Å². The third kappa shape index (κ3) is 6.54. The third-order valence-electron chi connectivity index (χ3n) is 2.83. The van der Waals surface area contributed by atoms with Crippen LogP contribution < -0.4 is 15.4 Å². The molecule has 134 valence electrons. The Morgan fingerprint density at radius 3 is 2.46 bits per heavy atom. The monoisotopic (exact) mass is 358 g/mol. The van der Waals surface area contributed by atoms with E-state index in [9.17, 15) is 9.59 Å². The van der Waals surface area contributed by atoms with Crippen LogP contribution in [-0.4, -0.2) is 44.5 Å². The molecule has 0 saturated heterocycles. The van der Waals surface area contributed by atoms with Gasteiger partial charge in [-0.1, -0.05) is 11.6 Å². The van der Waals surface area contributed by atoms with Gasteiger partial charge >= 0.3 is 12.1 Å². The Morgan fingerprint density at radius 1 is 1.25 bits per heavy atom. The highest BCUT2D eigenvalue weighted by molar-refractivity contribution is 6.32. The summed E-state index contributed by atoms with van der Waals surface area (Å²) < 4.78 is 15.0. The van der Waals surface area contributed by atoms with Crippen molar-refractivity contribution in [1.29, 1.82) is 0 Å². The summed E-state index contributed by atoms with van der Waals surface area (Å²) in [5, 5.41) is 5.95. The first-order valence-corrected chi connectivity index (χ1v) is 7.69. The predicted octanol–water partition coefficient (Wildman–Crippen LogP) is 2.83. The lowest BCUT2D eigenvalue weighted by Crippen LogP contribution is -2.43. The van der Waals surface area contributed by atoms with Crippen LogP contribution in [0.2, 0.25) is 5.02 Å². The number of nitrogens with one attached hydrogen (secondary N) is 2. The molecule has 1 amide bonds. The molecule has 2 N–H and O–H groups in total. The number of benzene rings is 1. The SMILES string of the molecule is COC(=O)[C@H](CNC(=O)OC(C)(C)C)Nc1ccc(Cl)c(OC)c1. The average Bonchev–Trinajstić information content (AvgIpc) is 2.50. The number of hydrogen-bond donors (Lipinski definition) is 2. The molecule has 1 rings (SSSR count). The maximum atomic E-state index is 11.9. The maximum Gasteiger partial charge on any atom is 0.407 e. The lowest BCUT2D eigenvalue weighted by Gasteiger charge is -2.22. The first-order chi connectivity index (χ1) is 11.2. The van der Waals surface area contributed by atoms with Crippen LogP contribution in [0.3, 0.4) is 0 Å². The molecule has 8 heteroatoms. The standard InChI is InChI=1S/C16H23ClN2O5/c1-16(2,3)24-15(21)18-9-12(14(20)23-5)19-10-6-7-11(17)13(8-10)22-4/h6-8,12,19H,9H2,1-5H3,(H,18,21)/t12-/m0/s1. The van der Waals surface area contributed by atoms with E-state index in [1.165, 1.54) is 14.2 Å². The molecule has 1 atom stereocenters. The summed E-state index contributed by atoms with van der Waals surface area (Å²) in [4.78, 5) is 23.6. The zero-order chi connectivity index (χ0) is 18.3. The second-order valence-corrected chi connectivity index (χ2v) is 6.36. The molecule has 1 aromatic carbocycles. The van der Waals surface area contributed by atoms with Crippen LogP contribution in [0.15, 0.2) is 18.2 Å². The molecular weight excluding hydrogens is 336 g/mol. The highest BCUT2D eigenvalue weighted by Crippen LogP contribution is 2.27. The molecule has 0 fully saturated rings. The molecule has 0 bridgehead atoms. The normalized spacial score (nSPS) is 12.1. The Hall–Kier alpha value is -2.15. The fourth-order valence-corrected chi connectivity index (χ4v) is 1.98. The smallest absolute Gasteiger partial charge is 0.407 e. The number of esters is 1. The molecule has 0 unspecified atom stereocenters. The Labute approximate surface area is 146 Å². The molecule has 0 saturated carbocycles. The molecule has 0 aliphatic rings. The van der Waals surface area contributed by atoms with Gasteiger partial charge in [0, 0.05) is 11.8 Å². The molecule has 0 aliphatic heterocycles. The van der Waals surface area contributed by atoms with E-state index in [0.29, 0.717) is 16.5 Å². The third-order valence-corrected chi connectivity index (χ3v) is 3.14. The fourth-order valence-electron chi connectivity index (χ4n) is 1.79. The van der Waals surface area contributed by atoms with Crippen LogP contribution in [0.5, 0.6) is 5.75 Å². The molecule has 0 heterocycles. The van der Waals surface area contributed by atoms with Crippen molar-refractivity contribution in [3.8, 4) is 5.75 Å². The van der Waals surface area contributed by atoms with E-state index in [1.807, 2.05) is 0 Å². The first-order valence-electron chi connectivity index (χ1n) is 7.31. The minimum atomic E-state index is -0.798. The molecule has 1 aromatic rings. The summed E-state index contributed by atoms with van der Waals surface area (Å²) in [7, 11) is 2.76. The quantitative estimate of drug-likeness (QED) is 0.760. The molecule has 24 heavy (non-hydrogen) atoms. The van der Waals surface area contributed by atoms with Gasteiger partial charge in [-0.05, 0) is 32.9 Å². The Kier molecular flexibility index (Phi) is 7.16. The molecule has 0 radical (unpaired) electrons. The van der Waals surface area contributed by atoms with Crippen molar-refractivity contribution in [3.63, 3.8) is 0 Å². The van der Waals surface area contributed by atoms with Crippen LogP contribution >= 0.6 is 11.6 Å². The zero-order valence-corrected chi connectivity index (χ0v) is 15.2. The summed E-state index contributed by atoms with van der Waals surface area (Å²) >= 11 is 5.97. The van der Waals surface area contributed by atoms with E-state index in [4.69, 9.17) is 25.8 Å². The van der Waals surface area contributed by atoms with E-state index in [2.05, 4.69) is 10.6 Å². The number of alkyl carbamates (subject to hydrolysis) is 1. The van der Waals surface area contributed by atoms with Crippen molar-refractivity contribution in [1.82, 2.24) is 5.32 Å². The van der Waals surface area contributed by atoms with Crippen molar-refractivity contribution < 1.29 is 23.8 Å². The molecular formula is C16H23ClN2O5. The average molecular weight is 359 g/mol. The summed E-state index contributed by atoms with van der Waals surface area (Å²) in [5.41, 5.74) is -0.0282. The number of anilines is 1. The van der Waals surface area contributed by atoms with E-state index >= 15 is 0 Å². The van der Waals surface area contributed by atoms with Gasteiger partial charge in [0.25, 0.3) is 0 Å². The van der Waals surface area contributed by atoms with Crippen LogP contribution in [0.1, 0.15) is 20.8 Å². The van der Waals surface area contributed by atoms with Gasteiger partial charge in [0.15, 0.2) is 0 Å². The van der Waals surface area contributed by atoms with E-state index in [1.54, 1.807) is 39.0 Å². The number of amides is 1. The summed E-state index contributed by atoms with van der Waals surface area (Å²) in [6.45, 7) is 5.25.